The number of halogens is 6. The Hall–Kier alpha value is -3.18. The maximum atomic E-state index is 12.5. The highest BCUT2D eigenvalue weighted by Gasteiger charge is 2.37. The monoisotopic (exact) mass is 454 g/mol. The second kappa shape index (κ2) is 11.3. The molecule has 6 nitrogen and oxygen atoms in total. The third kappa shape index (κ3) is 8.22. The first-order chi connectivity index (χ1) is 13.8. The number of rotatable bonds is 5. The van der Waals surface area contributed by atoms with Crippen molar-refractivity contribution < 1.29 is 31.3 Å². The van der Waals surface area contributed by atoms with Crippen molar-refractivity contribution in [3.8, 4) is 0 Å². The zero-order valence-corrected chi connectivity index (χ0v) is 16.0. The minimum atomic E-state index is -4.48. The summed E-state index contributed by atoms with van der Waals surface area (Å²) in [6, 6.07) is 9.85. The predicted molar refractivity (Wildman–Crippen MR) is 109 cm³/mol. The number of anilines is 3. The molecule has 2 rings (SSSR count). The fraction of sp³-hybridized carbons (Fsp3) is 0.368. The molecule has 0 bridgehead atoms. The van der Waals surface area contributed by atoms with Crippen LogP contribution in [0.1, 0.15) is 21.3 Å². The molecule has 0 saturated carbocycles. The average molecular weight is 454 g/mol. The van der Waals surface area contributed by atoms with Crippen LogP contribution in [0.3, 0.4) is 0 Å². The van der Waals surface area contributed by atoms with Crippen LogP contribution in [0.5, 0.6) is 0 Å². The van der Waals surface area contributed by atoms with Crippen LogP contribution >= 0.6 is 0 Å². The lowest BCUT2D eigenvalue weighted by atomic mass is 10.2. The minimum absolute atomic E-state index is 0. The SMILES string of the molecule is C.CCN(c1ccc(N)cc1)C(F)(F)F.CCN(c1ccc([N+](=O)[O-])cc1)C(F)(F)F. The van der Waals surface area contributed by atoms with Crippen LogP contribution in [-0.4, -0.2) is 30.6 Å². The zero-order chi connectivity index (χ0) is 23.1. The lowest BCUT2D eigenvalue weighted by molar-refractivity contribution is -0.384. The van der Waals surface area contributed by atoms with Crippen molar-refractivity contribution in [3.05, 3.63) is 58.6 Å². The number of alkyl halides is 6. The topological polar surface area (TPSA) is 75.6 Å². The number of nitrogen functional groups attached to an aromatic ring is 1. The van der Waals surface area contributed by atoms with Gasteiger partial charge in [0.2, 0.25) is 0 Å². The average Bonchev–Trinajstić information content (AvgIpc) is 2.63. The van der Waals surface area contributed by atoms with Crippen molar-refractivity contribution in [2.45, 2.75) is 33.9 Å². The normalized spacial score (nSPS) is 11.0. The number of nitrogens with two attached hydrogens (primary N) is 1. The molecule has 0 spiro atoms. The van der Waals surface area contributed by atoms with Crippen molar-refractivity contribution in [1.29, 1.82) is 0 Å². The third-order valence-electron chi connectivity index (χ3n) is 3.82. The van der Waals surface area contributed by atoms with Gasteiger partial charge in [0.25, 0.3) is 5.69 Å². The van der Waals surface area contributed by atoms with E-state index in [0.29, 0.717) is 10.6 Å². The van der Waals surface area contributed by atoms with Gasteiger partial charge in [-0.25, -0.2) is 0 Å². The van der Waals surface area contributed by atoms with E-state index in [9.17, 15) is 36.5 Å². The highest BCUT2D eigenvalue weighted by atomic mass is 19.4. The maximum absolute atomic E-state index is 12.5. The number of nitro groups is 1. The second-order valence-corrected chi connectivity index (χ2v) is 5.79. The van der Waals surface area contributed by atoms with Crippen molar-refractivity contribution in [3.63, 3.8) is 0 Å². The molecule has 0 aliphatic carbocycles. The molecule has 0 aromatic heterocycles. The summed E-state index contributed by atoms with van der Waals surface area (Å²) in [5.41, 5.74) is 5.59. The van der Waals surface area contributed by atoms with Crippen molar-refractivity contribution in [2.75, 3.05) is 28.6 Å². The molecule has 0 aliphatic heterocycles. The van der Waals surface area contributed by atoms with Crippen LogP contribution in [0, 0.1) is 10.1 Å². The van der Waals surface area contributed by atoms with E-state index in [-0.39, 0.29) is 42.5 Å². The molecule has 12 heteroatoms. The molecule has 31 heavy (non-hydrogen) atoms. The number of hydrogen-bond donors (Lipinski definition) is 1. The molecule has 0 radical (unpaired) electrons. The molecule has 0 atom stereocenters. The summed E-state index contributed by atoms with van der Waals surface area (Å²) in [6.45, 7) is 2.44. The molecule has 0 aliphatic rings. The van der Waals surface area contributed by atoms with E-state index >= 15 is 0 Å². The number of hydrogen-bond acceptors (Lipinski definition) is 5. The second-order valence-electron chi connectivity index (χ2n) is 5.79. The van der Waals surface area contributed by atoms with Gasteiger partial charge in [-0.2, -0.15) is 26.3 Å². The van der Waals surface area contributed by atoms with Gasteiger partial charge >= 0.3 is 12.6 Å². The maximum Gasteiger partial charge on any atom is 0.484 e. The van der Waals surface area contributed by atoms with E-state index in [1.807, 2.05) is 0 Å². The Morgan fingerprint density at radius 1 is 0.806 bits per heavy atom. The van der Waals surface area contributed by atoms with Gasteiger partial charge in [0.15, 0.2) is 0 Å². The smallest absolute Gasteiger partial charge is 0.399 e. The Bertz CT molecular complexity index is 808. The van der Waals surface area contributed by atoms with E-state index in [1.165, 1.54) is 38.1 Å². The van der Waals surface area contributed by atoms with E-state index in [2.05, 4.69) is 0 Å². The zero-order valence-electron chi connectivity index (χ0n) is 16.0. The summed E-state index contributed by atoms with van der Waals surface area (Å²) in [5.74, 6) is 0. The third-order valence-corrected chi connectivity index (χ3v) is 3.82. The van der Waals surface area contributed by atoms with Crippen LogP contribution in [0.15, 0.2) is 48.5 Å². The summed E-state index contributed by atoms with van der Waals surface area (Å²) in [7, 11) is 0. The van der Waals surface area contributed by atoms with Gasteiger partial charge in [-0.15, -0.1) is 0 Å². The van der Waals surface area contributed by atoms with Crippen LogP contribution in [0.25, 0.3) is 0 Å². The molecular weight excluding hydrogens is 430 g/mol. The fourth-order valence-corrected chi connectivity index (χ4v) is 2.43. The number of nitrogens with zero attached hydrogens (tertiary/aromatic N) is 3. The Morgan fingerprint density at radius 2 is 1.13 bits per heavy atom. The highest BCUT2D eigenvalue weighted by Crippen LogP contribution is 2.29. The van der Waals surface area contributed by atoms with Gasteiger partial charge in [0, 0.05) is 42.3 Å². The lowest BCUT2D eigenvalue weighted by Gasteiger charge is -2.25. The van der Waals surface area contributed by atoms with E-state index < -0.39 is 17.5 Å². The van der Waals surface area contributed by atoms with Gasteiger partial charge < -0.3 is 5.73 Å². The summed E-state index contributed by atoms with van der Waals surface area (Å²) >= 11 is 0. The Balaban J connectivity index is 0.000000567. The number of nitro benzene ring substituents is 1. The quantitative estimate of drug-likeness (QED) is 0.192. The molecule has 2 N–H and O–H groups in total. The molecule has 174 valence electrons. The fourth-order valence-electron chi connectivity index (χ4n) is 2.43. The van der Waals surface area contributed by atoms with Gasteiger partial charge in [-0.3, -0.25) is 19.9 Å². The van der Waals surface area contributed by atoms with Gasteiger partial charge in [-0.1, -0.05) is 7.43 Å². The van der Waals surface area contributed by atoms with Crippen LogP contribution in [-0.2, 0) is 0 Å². The molecular formula is C19H24F6N4O2. The van der Waals surface area contributed by atoms with E-state index in [4.69, 9.17) is 5.73 Å². The summed E-state index contributed by atoms with van der Waals surface area (Å²) in [5, 5.41) is 10.3. The lowest BCUT2D eigenvalue weighted by Crippen LogP contribution is -2.37. The van der Waals surface area contributed by atoms with E-state index in [1.54, 1.807) is 0 Å². The summed E-state index contributed by atoms with van der Waals surface area (Å²) < 4.78 is 74.6. The van der Waals surface area contributed by atoms with Crippen LogP contribution < -0.4 is 15.5 Å². The Morgan fingerprint density at radius 3 is 1.39 bits per heavy atom. The first-order valence-corrected chi connectivity index (χ1v) is 8.60. The van der Waals surface area contributed by atoms with Crippen LogP contribution in [0.4, 0.5) is 49.1 Å². The summed E-state index contributed by atoms with van der Waals surface area (Å²) in [4.78, 5) is 10.2. The Labute approximate surface area is 176 Å². The van der Waals surface area contributed by atoms with E-state index in [0.717, 1.165) is 24.3 Å². The highest BCUT2D eigenvalue weighted by molar-refractivity contribution is 5.53. The minimum Gasteiger partial charge on any atom is -0.399 e. The van der Waals surface area contributed by atoms with Crippen molar-refractivity contribution >= 4 is 22.7 Å². The molecule has 2 aromatic rings. The number of benzene rings is 2. The largest absolute Gasteiger partial charge is 0.484 e. The predicted octanol–water partition coefficient (Wildman–Crippen LogP) is 6.19. The van der Waals surface area contributed by atoms with Gasteiger partial charge in [-0.05, 0) is 50.2 Å². The van der Waals surface area contributed by atoms with Crippen LogP contribution in [0.2, 0.25) is 0 Å². The van der Waals surface area contributed by atoms with Crippen molar-refractivity contribution in [1.82, 2.24) is 0 Å². The first-order valence-electron chi connectivity index (χ1n) is 8.60. The Kier molecular flexibility index (Phi) is 10.1. The molecule has 0 saturated heterocycles. The van der Waals surface area contributed by atoms with Gasteiger partial charge in [0.1, 0.15) is 0 Å². The number of non-ortho nitro benzene ring substituents is 1. The molecule has 2 aromatic carbocycles. The first kappa shape index (κ1) is 27.8. The van der Waals surface area contributed by atoms with Crippen molar-refractivity contribution in [2.24, 2.45) is 0 Å². The van der Waals surface area contributed by atoms with Gasteiger partial charge in [0.05, 0.1) is 4.92 Å². The summed E-state index contributed by atoms with van der Waals surface area (Å²) in [6.07, 6.45) is -8.82. The molecule has 0 heterocycles. The standard InChI is InChI=1S/C9H9F3N2O2.C9H11F3N2.CH4/c1-2-13(9(10,11)12)7-3-5-8(6-4-7)14(15)16;1-2-14(9(10,11)12)8-5-3-7(13)4-6-8;/h3-6H,2H2,1H3;3-6H,2,13H2,1H3;1H4. The molecule has 0 amide bonds. The molecule has 0 fully saturated rings. The molecule has 0 unspecified atom stereocenters.